The summed E-state index contributed by atoms with van der Waals surface area (Å²) in [5.74, 6) is 0.923. The van der Waals surface area contributed by atoms with Crippen LogP contribution in [0.2, 0.25) is 0 Å². The van der Waals surface area contributed by atoms with Crippen LogP contribution in [0.4, 0.5) is 11.4 Å². The van der Waals surface area contributed by atoms with Gasteiger partial charge in [-0.15, -0.1) is 0 Å². The van der Waals surface area contributed by atoms with E-state index in [-0.39, 0.29) is 5.91 Å². The van der Waals surface area contributed by atoms with Gasteiger partial charge >= 0.3 is 0 Å². The van der Waals surface area contributed by atoms with Gasteiger partial charge in [0.25, 0.3) is 0 Å². The Morgan fingerprint density at radius 2 is 2.00 bits per heavy atom. The highest BCUT2D eigenvalue weighted by Gasteiger charge is 2.37. The lowest BCUT2D eigenvalue weighted by molar-refractivity contribution is -0.117. The maximum Gasteiger partial charge on any atom is 0.227 e. The normalized spacial score (nSPS) is 28.1. The Balaban J connectivity index is 1.81. The van der Waals surface area contributed by atoms with Gasteiger partial charge in [-0.1, -0.05) is 32.9 Å². The highest BCUT2D eigenvalue weighted by molar-refractivity contribution is 5.98. The summed E-state index contributed by atoms with van der Waals surface area (Å²) in [7, 11) is 0. The zero-order valence-corrected chi connectivity index (χ0v) is 13.4. The summed E-state index contributed by atoms with van der Waals surface area (Å²) >= 11 is 0. The predicted octanol–water partition coefficient (Wildman–Crippen LogP) is 4.05. The van der Waals surface area contributed by atoms with Crippen LogP contribution in [-0.4, -0.2) is 18.5 Å². The van der Waals surface area contributed by atoms with Gasteiger partial charge < -0.3 is 10.2 Å². The molecule has 2 fully saturated rings. The number of benzene rings is 1. The van der Waals surface area contributed by atoms with E-state index in [1.807, 2.05) is 11.0 Å². The van der Waals surface area contributed by atoms with Gasteiger partial charge in [0.1, 0.15) is 0 Å². The summed E-state index contributed by atoms with van der Waals surface area (Å²) in [5, 5.41) is 3.72. The molecule has 1 amide bonds. The van der Waals surface area contributed by atoms with Crippen molar-refractivity contribution in [2.75, 3.05) is 16.8 Å². The SMILES string of the molecule is CC1CC(C)(C)CC1Nc1ccccc1N1CCCC1=O. The lowest BCUT2D eigenvalue weighted by Gasteiger charge is -2.25. The van der Waals surface area contributed by atoms with Gasteiger partial charge in [-0.3, -0.25) is 4.79 Å². The molecular weight excluding hydrogens is 260 g/mol. The molecule has 3 nitrogen and oxygen atoms in total. The number of carbonyl (C=O) groups is 1. The molecule has 1 heterocycles. The van der Waals surface area contributed by atoms with Gasteiger partial charge in [0.2, 0.25) is 5.91 Å². The van der Waals surface area contributed by atoms with Crippen LogP contribution in [0.1, 0.15) is 46.5 Å². The first kappa shape index (κ1) is 14.4. The number of hydrogen-bond acceptors (Lipinski definition) is 2. The quantitative estimate of drug-likeness (QED) is 0.909. The number of carbonyl (C=O) groups excluding carboxylic acids is 1. The summed E-state index contributed by atoms with van der Waals surface area (Å²) in [5.41, 5.74) is 2.58. The predicted molar refractivity (Wildman–Crippen MR) is 87.6 cm³/mol. The average Bonchev–Trinajstić information content (AvgIpc) is 2.94. The van der Waals surface area contributed by atoms with Crippen LogP contribution in [0.15, 0.2) is 24.3 Å². The molecule has 3 heteroatoms. The minimum atomic E-state index is 0.254. The third-order valence-electron chi connectivity index (χ3n) is 4.94. The zero-order valence-electron chi connectivity index (χ0n) is 13.4. The second kappa shape index (κ2) is 5.36. The number of para-hydroxylation sites is 2. The van der Waals surface area contributed by atoms with Crippen LogP contribution in [0.5, 0.6) is 0 Å². The van der Waals surface area contributed by atoms with Crippen molar-refractivity contribution < 1.29 is 4.79 Å². The van der Waals surface area contributed by atoms with Crippen LogP contribution in [-0.2, 0) is 4.79 Å². The molecule has 0 radical (unpaired) electrons. The Morgan fingerprint density at radius 3 is 2.62 bits per heavy atom. The zero-order chi connectivity index (χ0) is 15.0. The largest absolute Gasteiger partial charge is 0.380 e. The van der Waals surface area contributed by atoms with Crippen molar-refractivity contribution >= 4 is 17.3 Å². The maximum atomic E-state index is 12.0. The van der Waals surface area contributed by atoms with E-state index in [4.69, 9.17) is 0 Å². The van der Waals surface area contributed by atoms with Gasteiger partial charge in [-0.2, -0.15) is 0 Å². The fourth-order valence-electron chi connectivity index (χ4n) is 4.02. The van der Waals surface area contributed by atoms with E-state index < -0.39 is 0 Å². The second-order valence-corrected chi connectivity index (χ2v) is 7.47. The van der Waals surface area contributed by atoms with Crippen molar-refractivity contribution in [1.29, 1.82) is 0 Å². The summed E-state index contributed by atoms with van der Waals surface area (Å²) in [6, 6.07) is 8.75. The van der Waals surface area contributed by atoms with Crippen molar-refractivity contribution in [2.24, 2.45) is 11.3 Å². The van der Waals surface area contributed by atoms with E-state index in [0.29, 0.717) is 23.8 Å². The molecular formula is C18H26N2O. The molecule has 0 aromatic heterocycles. The topological polar surface area (TPSA) is 32.3 Å². The first-order valence-electron chi connectivity index (χ1n) is 8.12. The lowest BCUT2D eigenvalue weighted by atomic mass is 9.91. The summed E-state index contributed by atoms with van der Waals surface area (Å²) in [4.78, 5) is 14.0. The van der Waals surface area contributed by atoms with E-state index in [2.05, 4.69) is 44.3 Å². The van der Waals surface area contributed by atoms with Crippen molar-refractivity contribution in [3.8, 4) is 0 Å². The summed E-state index contributed by atoms with van der Waals surface area (Å²) in [6.07, 6.45) is 4.10. The van der Waals surface area contributed by atoms with Gasteiger partial charge in [0, 0.05) is 19.0 Å². The molecule has 1 aliphatic carbocycles. The molecule has 1 saturated heterocycles. The third-order valence-corrected chi connectivity index (χ3v) is 4.94. The number of nitrogens with zero attached hydrogens (tertiary/aromatic N) is 1. The van der Waals surface area contributed by atoms with Crippen LogP contribution in [0.25, 0.3) is 0 Å². The molecule has 2 aliphatic rings. The van der Waals surface area contributed by atoms with Crippen LogP contribution < -0.4 is 10.2 Å². The molecule has 2 atom stereocenters. The summed E-state index contributed by atoms with van der Waals surface area (Å²) in [6.45, 7) is 7.88. The molecule has 2 unspecified atom stereocenters. The maximum absolute atomic E-state index is 12.0. The Labute approximate surface area is 127 Å². The Kier molecular flexibility index (Phi) is 3.68. The van der Waals surface area contributed by atoms with E-state index in [1.165, 1.54) is 12.8 Å². The monoisotopic (exact) mass is 286 g/mol. The summed E-state index contributed by atoms with van der Waals surface area (Å²) < 4.78 is 0. The Morgan fingerprint density at radius 1 is 1.24 bits per heavy atom. The number of hydrogen-bond donors (Lipinski definition) is 1. The van der Waals surface area contributed by atoms with Gasteiger partial charge in [0.05, 0.1) is 11.4 Å². The lowest BCUT2D eigenvalue weighted by Crippen LogP contribution is -2.27. The molecule has 1 aromatic carbocycles. The Bertz CT molecular complexity index is 538. The first-order valence-corrected chi connectivity index (χ1v) is 8.12. The minimum absolute atomic E-state index is 0.254. The molecule has 3 rings (SSSR count). The average molecular weight is 286 g/mol. The highest BCUT2D eigenvalue weighted by Crippen LogP contribution is 2.43. The Hall–Kier alpha value is -1.51. The smallest absolute Gasteiger partial charge is 0.227 e. The number of anilines is 2. The number of rotatable bonds is 3. The van der Waals surface area contributed by atoms with Crippen molar-refractivity contribution in [2.45, 2.75) is 52.5 Å². The standard InChI is InChI=1S/C18H26N2O/c1-13-11-18(2,3)12-15(13)19-14-7-4-5-8-16(14)20-10-6-9-17(20)21/h4-5,7-8,13,15,19H,6,9-12H2,1-3H3. The van der Waals surface area contributed by atoms with Crippen molar-refractivity contribution in [3.05, 3.63) is 24.3 Å². The molecule has 0 bridgehead atoms. The minimum Gasteiger partial charge on any atom is -0.380 e. The van der Waals surface area contributed by atoms with Gasteiger partial charge in [-0.25, -0.2) is 0 Å². The fourth-order valence-corrected chi connectivity index (χ4v) is 4.02. The molecule has 1 aliphatic heterocycles. The van der Waals surface area contributed by atoms with Gasteiger partial charge in [-0.05, 0) is 42.7 Å². The van der Waals surface area contributed by atoms with Crippen molar-refractivity contribution in [1.82, 2.24) is 0 Å². The molecule has 21 heavy (non-hydrogen) atoms. The fraction of sp³-hybridized carbons (Fsp3) is 0.611. The van der Waals surface area contributed by atoms with Crippen LogP contribution in [0, 0.1) is 11.3 Å². The van der Waals surface area contributed by atoms with E-state index in [0.717, 1.165) is 24.3 Å². The third kappa shape index (κ3) is 2.92. The molecule has 114 valence electrons. The molecule has 1 N–H and O–H groups in total. The van der Waals surface area contributed by atoms with E-state index in [1.54, 1.807) is 0 Å². The molecule has 1 saturated carbocycles. The van der Waals surface area contributed by atoms with Crippen LogP contribution in [0.3, 0.4) is 0 Å². The van der Waals surface area contributed by atoms with Crippen molar-refractivity contribution in [3.63, 3.8) is 0 Å². The highest BCUT2D eigenvalue weighted by atomic mass is 16.2. The molecule has 0 spiro atoms. The van der Waals surface area contributed by atoms with Gasteiger partial charge in [0.15, 0.2) is 0 Å². The molecule has 1 aromatic rings. The first-order chi connectivity index (χ1) is 9.96. The van der Waals surface area contributed by atoms with E-state index in [9.17, 15) is 4.79 Å². The number of nitrogens with one attached hydrogen (secondary N) is 1. The van der Waals surface area contributed by atoms with E-state index >= 15 is 0 Å². The van der Waals surface area contributed by atoms with Crippen LogP contribution >= 0.6 is 0 Å². The second-order valence-electron chi connectivity index (χ2n) is 7.47. The number of amides is 1.